The number of fused-ring (bicyclic) bond motifs is 7. The molecule has 1 saturated carbocycles. The molecule has 0 N–H and O–H groups in total. The van der Waals surface area contributed by atoms with Gasteiger partial charge in [-0.3, -0.25) is 9.80 Å². The number of imidazole rings is 1. The van der Waals surface area contributed by atoms with Crippen LogP contribution in [0.3, 0.4) is 0 Å². The molecule has 3 aliphatic heterocycles. The smallest absolute Gasteiger partial charge is 0.207 e. The van der Waals surface area contributed by atoms with Gasteiger partial charge in [-0.25, -0.2) is 15.0 Å². The number of rotatable bonds is 1. The molecule has 3 atom stereocenters. The Balaban J connectivity index is 1.23. The lowest BCUT2D eigenvalue weighted by Gasteiger charge is -2.31. The molecule has 42 heavy (non-hydrogen) atoms. The van der Waals surface area contributed by atoms with Gasteiger partial charge in [-0.15, -0.1) is 0 Å². The van der Waals surface area contributed by atoms with Crippen molar-refractivity contribution >= 4 is 34.3 Å². The van der Waals surface area contributed by atoms with Crippen molar-refractivity contribution in [2.24, 2.45) is 29.1 Å². The molecule has 0 bridgehead atoms. The first-order chi connectivity index (χ1) is 20.5. The van der Waals surface area contributed by atoms with Crippen molar-refractivity contribution in [2.75, 3.05) is 30.6 Å². The standard InChI is InChI=1S/C33H37N9/c1-37-25-13-8-9-14-26(25)38(2)31(37)34-22-18-19-23-24(20-22)36-33-40(4)28-15-10-11-17-30(28)42(33)21-41-29-16-7-5-6-12-27(29)39(3)32(41)35-23/h5-11,13-17,22-24H,12,18-21H2,1-4H3. The van der Waals surface area contributed by atoms with Crippen LogP contribution in [0.2, 0.25) is 0 Å². The summed E-state index contributed by atoms with van der Waals surface area (Å²) in [5.41, 5.74) is 8.28. The van der Waals surface area contributed by atoms with Gasteiger partial charge in [-0.2, -0.15) is 0 Å². The van der Waals surface area contributed by atoms with Crippen LogP contribution in [-0.2, 0) is 14.1 Å². The van der Waals surface area contributed by atoms with Crippen molar-refractivity contribution < 1.29 is 0 Å². The molecule has 9 heteroatoms. The molecule has 0 radical (unpaired) electrons. The van der Waals surface area contributed by atoms with Crippen LogP contribution < -0.4 is 15.4 Å². The molecule has 3 aromatic rings. The monoisotopic (exact) mass is 559 g/mol. The summed E-state index contributed by atoms with van der Waals surface area (Å²) in [7, 11) is 8.54. The number of aryl methyl sites for hydroxylation is 2. The Labute approximate surface area is 246 Å². The van der Waals surface area contributed by atoms with Crippen LogP contribution in [-0.4, -0.2) is 69.7 Å². The van der Waals surface area contributed by atoms with Crippen LogP contribution in [0.15, 0.2) is 99.2 Å². The van der Waals surface area contributed by atoms with Crippen molar-refractivity contribution in [1.82, 2.24) is 18.9 Å². The Hall–Kier alpha value is -4.53. The second kappa shape index (κ2) is 9.51. The van der Waals surface area contributed by atoms with E-state index in [0.29, 0.717) is 6.67 Å². The molecule has 2 aromatic carbocycles. The van der Waals surface area contributed by atoms with Crippen LogP contribution in [0, 0.1) is 0 Å². The van der Waals surface area contributed by atoms with E-state index < -0.39 is 0 Å². The highest BCUT2D eigenvalue weighted by atomic mass is 15.5. The first-order valence-electron chi connectivity index (χ1n) is 15.0. The van der Waals surface area contributed by atoms with E-state index in [9.17, 15) is 0 Å². The van der Waals surface area contributed by atoms with Crippen molar-refractivity contribution in [3.63, 3.8) is 0 Å². The molecule has 2 aliphatic carbocycles. The zero-order chi connectivity index (χ0) is 28.5. The molecular weight excluding hydrogens is 522 g/mol. The van der Waals surface area contributed by atoms with E-state index in [0.717, 1.165) is 43.2 Å². The number of hydrogen-bond acceptors (Lipinski definition) is 7. The molecule has 8 rings (SSSR count). The highest BCUT2D eigenvalue weighted by molar-refractivity contribution is 6.16. The number of para-hydroxylation sites is 4. The van der Waals surface area contributed by atoms with Crippen LogP contribution in [0.1, 0.15) is 25.7 Å². The van der Waals surface area contributed by atoms with Crippen LogP contribution in [0.5, 0.6) is 0 Å². The number of aromatic nitrogens is 2. The van der Waals surface area contributed by atoms with E-state index in [2.05, 4.69) is 130 Å². The molecule has 1 fully saturated rings. The minimum atomic E-state index is 0.0263. The quantitative estimate of drug-likeness (QED) is 0.446. The number of guanidine groups is 2. The summed E-state index contributed by atoms with van der Waals surface area (Å²) in [5, 5.41) is 0. The van der Waals surface area contributed by atoms with Crippen molar-refractivity contribution in [1.29, 1.82) is 0 Å². The number of aliphatic imine (C=N–C) groups is 2. The molecule has 0 saturated heterocycles. The minimum absolute atomic E-state index is 0.0263. The predicted octanol–water partition coefficient (Wildman–Crippen LogP) is 4.32. The molecule has 0 spiro atoms. The molecule has 9 nitrogen and oxygen atoms in total. The summed E-state index contributed by atoms with van der Waals surface area (Å²) >= 11 is 0. The Morgan fingerprint density at radius 1 is 0.738 bits per heavy atom. The zero-order valence-electron chi connectivity index (χ0n) is 24.7. The predicted molar refractivity (Wildman–Crippen MR) is 169 cm³/mol. The third kappa shape index (κ3) is 3.72. The largest absolute Gasteiger partial charge is 0.317 e. The maximum Gasteiger partial charge on any atom is 0.207 e. The van der Waals surface area contributed by atoms with E-state index in [1.54, 1.807) is 0 Å². The lowest BCUT2D eigenvalue weighted by Crippen LogP contribution is -2.45. The highest BCUT2D eigenvalue weighted by Crippen LogP contribution is 2.40. The Morgan fingerprint density at radius 3 is 2.21 bits per heavy atom. The number of anilines is 2. The fourth-order valence-electron chi connectivity index (χ4n) is 7.30. The Kier molecular flexibility index (Phi) is 5.70. The number of allylic oxidation sites excluding steroid dienone is 4. The first kappa shape index (κ1) is 25.2. The van der Waals surface area contributed by atoms with E-state index in [1.807, 2.05) is 0 Å². The van der Waals surface area contributed by atoms with Gasteiger partial charge < -0.3 is 18.9 Å². The van der Waals surface area contributed by atoms with E-state index >= 15 is 0 Å². The topological polar surface area (TPSA) is 59.9 Å². The lowest BCUT2D eigenvalue weighted by atomic mass is 9.87. The second-order valence-electron chi connectivity index (χ2n) is 11.9. The van der Waals surface area contributed by atoms with E-state index in [-0.39, 0.29) is 18.1 Å². The van der Waals surface area contributed by atoms with Crippen LogP contribution in [0.4, 0.5) is 11.4 Å². The van der Waals surface area contributed by atoms with Gasteiger partial charge in [0.1, 0.15) is 6.67 Å². The molecule has 1 aromatic heterocycles. The summed E-state index contributed by atoms with van der Waals surface area (Å²) in [6.45, 7) is 0.658. The third-order valence-electron chi connectivity index (χ3n) is 9.52. The van der Waals surface area contributed by atoms with Gasteiger partial charge in [-0.05, 0) is 49.6 Å². The van der Waals surface area contributed by atoms with Crippen molar-refractivity contribution in [3.8, 4) is 0 Å². The average molecular weight is 560 g/mol. The van der Waals surface area contributed by atoms with Crippen LogP contribution >= 0.6 is 0 Å². The lowest BCUT2D eigenvalue weighted by molar-refractivity contribution is 0.341. The Morgan fingerprint density at radius 2 is 1.43 bits per heavy atom. The van der Waals surface area contributed by atoms with Gasteiger partial charge in [0.2, 0.25) is 17.5 Å². The van der Waals surface area contributed by atoms with E-state index in [1.165, 1.54) is 33.8 Å². The van der Waals surface area contributed by atoms with Crippen molar-refractivity contribution in [2.45, 2.75) is 43.8 Å². The maximum atomic E-state index is 5.53. The van der Waals surface area contributed by atoms with Gasteiger partial charge in [-0.1, -0.05) is 42.5 Å². The second-order valence-corrected chi connectivity index (χ2v) is 11.9. The fraction of sp³-hybridized carbons (Fsp3) is 0.364. The summed E-state index contributed by atoms with van der Waals surface area (Å²) in [6, 6.07) is 17.4. The molecule has 214 valence electrons. The molecular formula is C33H37N9. The molecule has 4 heterocycles. The summed E-state index contributed by atoms with van der Waals surface area (Å²) in [4.78, 5) is 25.7. The summed E-state index contributed by atoms with van der Waals surface area (Å²) in [5.74, 6) is 2.01. The normalized spacial score (nSPS) is 24.7. The van der Waals surface area contributed by atoms with Gasteiger partial charge in [0.25, 0.3) is 0 Å². The number of benzene rings is 2. The third-order valence-corrected chi connectivity index (χ3v) is 9.52. The Bertz CT molecular complexity index is 1770. The van der Waals surface area contributed by atoms with E-state index in [4.69, 9.17) is 15.0 Å². The molecule has 5 aliphatic rings. The van der Waals surface area contributed by atoms with Gasteiger partial charge in [0, 0.05) is 40.3 Å². The van der Waals surface area contributed by atoms with Gasteiger partial charge in [0.15, 0.2) is 0 Å². The number of hydrogen-bond donors (Lipinski definition) is 0. The SMILES string of the molecule is CN1C2=NC3CCC(N=c4n(C)c5ccccc5n4C)CC3N=C3N(C)c4ccccc4N3CN2C2=C1CC=CC=C2. The summed E-state index contributed by atoms with van der Waals surface area (Å²) in [6.07, 6.45) is 12.4. The minimum Gasteiger partial charge on any atom is -0.317 e. The maximum absolute atomic E-state index is 5.53. The average Bonchev–Trinajstić information content (AvgIpc) is 3.40. The molecule has 3 unspecified atom stereocenters. The molecule has 0 amide bonds. The highest BCUT2D eigenvalue weighted by Gasteiger charge is 2.42. The summed E-state index contributed by atoms with van der Waals surface area (Å²) < 4.78 is 4.43. The van der Waals surface area contributed by atoms with Gasteiger partial charge >= 0.3 is 0 Å². The zero-order valence-corrected chi connectivity index (χ0v) is 24.7. The number of nitrogens with zero attached hydrogens (tertiary/aromatic N) is 9. The fourth-order valence-corrected chi connectivity index (χ4v) is 7.30. The van der Waals surface area contributed by atoms with Gasteiger partial charge in [0.05, 0.1) is 46.2 Å². The van der Waals surface area contributed by atoms with Crippen molar-refractivity contribution in [3.05, 3.63) is 89.8 Å². The first-order valence-corrected chi connectivity index (χ1v) is 15.0. The van der Waals surface area contributed by atoms with Crippen LogP contribution in [0.25, 0.3) is 11.0 Å².